The number of fused-ring (bicyclic) bond motifs is 4. The molecule has 2 aliphatic carbocycles. The number of nitrogens with zero attached hydrogens (tertiary/aromatic N) is 4. The zero-order valence-electron chi connectivity index (χ0n) is 36.9. The van der Waals surface area contributed by atoms with Crippen LogP contribution in [-0.4, -0.2) is 19.1 Å². The van der Waals surface area contributed by atoms with Gasteiger partial charge in [0.25, 0.3) is 0 Å². The number of benzene rings is 8. The van der Waals surface area contributed by atoms with Crippen LogP contribution in [0.5, 0.6) is 0 Å². The minimum absolute atomic E-state index is 0.142. The summed E-state index contributed by atoms with van der Waals surface area (Å²) in [5.41, 5.74) is 17.9. The van der Waals surface area contributed by atoms with Crippen LogP contribution in [0.1, 0.15) is 54.4 Å². The highest BCUT2D eigenvalue weighted by Crippen LogP contribution is 2.49. The second-order valence-electron chi connectivity index (χ2n) is 17.7. The van der Waals surface area contributed by atoms with Crippen LogP contribution in [0.25, 0.3) is 100 Å². The van der Waals surface area contributed by atoms with Gasteiger partial charge in [-0.3, -0.25) is 0 Å². The molecule has 2 aliphatic rings. The third-order valence-electron chi connectivity index (χ3n) is 14.0. The van der Waals surface area contributed by atoms with E-state index in [1.54, 1.807) is 0 Å². The number of aryl methyl sites for hydroxylation is 1. The van der Waals surface area contributed by atoms with Crippen molar-refractivity contribution in [2.45, 2.75) is 31.6 Å². The van der Waals surface area contributed by atoms with E-state index in [4.69, 9.17) is 9.97 Å². The molecule has 2 aromatic heterocycles. The van der Waals surface area contributed by atoms with Crippen LogP contribution in [0, 0.1) is 0 Å². The lowest BCUT2D eigenvalue weighted by Gasteiger charge is -2.28. The van der Waals surface area contributed by atoms with Crippen molar-refractivity contribution >= 4 is 44.2 Å². The molecular weight excluding hydrogens is 789 g/mol. The summed E-state index contributed by atoms with van der Waals surface area (Å²) in [5, 5.41) is 4.98. The Morgan fingerprint density at radius 3 is 1.98 bits per heavy atom. The first-order chi connectivity index (χ1) is 32.0. The van der Waals surface area contributed by atoms with Crippen molar-refractivity contribution in [1.29, 1.82) is 0 Å². The highest BCUT2D eigenvalue weighted by Gasteiger charge is 2.31. The molecule has 8 aromatic carbocycles. The fraction of sp³-hybridized carbons (Fsp3) is 0.115. The van der Waals surface area contributed by atoms with Gasteiger partial charge >= 0.3 is 0 Å². The molecule has 65 heavy (non-hydrogen) atoms. The molecule has 2 atom stereocenters. The summed E-state index contributed by atoms with van der Waals surface area (Å²) in [4.78, 5) is 10.3. The molecule has 0 aliphatic heterocycles. The first-order valence-electron chi connectivity index (χ1n) is 22.9. The normalized spacial score (nSPS) is 15.8. The Hall–Kier alpha value is -7.82. The van der Waals surface area contributed by atoms with E-state index in [1.165, 1.54) is 82.9 Å². The fourth-order valence-electron chi connectivity index (χ4n) is 10.8. The first kappa shape index (κ1) is 38.8. The largest absolute Gasteiger partial charge is 0.331 e. The van der Waals surface area contributed by atoms with Crippen molar-refractivity contribution in [1.82, 2.24) is 19.1 Å². The molecule has 4 heteroatoms. The predicted molar refractivity (Wildman–Crippen MR) is 273 cm³/mol. The van der Waals surface area contributed by atoms with Gasteiger partial charge < -0.3 is 9.13 Å². The Balaban J connectivity index is 1.11. The topological polar surface area (TPSA) is 35.6 Å². The van der Waals surface area contributed by atoms with E-state index < -0.39 is 0 Å². The summed E-state index contributed by atoms with van der Waals surface area (Å²) in [6, 6.07) is 62.3. The van der Waals surface area contributed by atoms with Crippen LogP contribution in [0.2, 0.25) is 0 Å². The second-order valence-corrected chi connectivity index (χ2v) is 17.7. The van der Waals surface area contributed by atoms with Crippen LogP contribution >= 0.6 is 0 Å². The van der Waals surface area contributed by atoms with Crippen LogP contribution in [0.15, 0.2) is 194 Å². The maximum atomic E-state index is 5.24. The minimum Gasteiger partial charge on any atom is -0.331 e. The molecule has 2 unspecified atom stereocenters. The predicted octanol–water partition coefficient (Wildman–Crippen LogP) is 15.6. The quantitative estimate of drug-likeness (QED) is 0.150. The average Bonchev–Trinajstić information content (AvgIpc) is 3.89. The number of allylic oxidation sites excluding steroid dienone is 5. The van der Waals surface area contributed by atoms with Crippen LogP contribution in [0.4, 0.5) is 0 Å². The molecule has 0 radical (unpaired) electrons. The number of imidazole rings is 2. The highest BCUT2D eigenvalue weighted by atomic mass is 15.1. The van der Waals surface area contributed by atoms with Crippen molar-refractivity contribution in [3.05, 3.63) is 217 Å². The fourth-order valence-corrected chi connectivity index (χ4v) is 10.8. The summed E-state index contributed by atoms with van der Waals surface area (Å²) in [6.45, 7) is 2.39. The Morgan fingerprint density at radius 1 is 0.523 bits per heavy atom. The third-order valence-corrected chi connectivity index (χ3v) is 14.0. The summed E-state index contributed by atoms with van der Waals surface area (Å²) < 4.78 is 4.60. The lowest BCUT2D eigenvalue weighted by Crippen LogP contribution is -2.15. The maximum Gasteiger partial charge on any atom is 0.140 e. The van der Waals surface area contributed by atoms with E-state index in [9.17, 15) is 0 Å². The van der Waals surface area contributed by atoms with E-state index in [-0.39, 0.29) is 11.8 Å². The summed E-state index contributed by atoms with van der Waals surface area (Å²) in [5.74, 6) is 2.40. The smallest absolute Gasteiger partial charge is 0.140 e. The van der Waals surface area contributed by atoms with Crippen molar-refractivity contribution in [2.75, 3.05) is 0 Å². The van der Waals surface area contributed by atoms with Crippen LogP contribution < -0.4 is 0 Å². The van der Waals surface area contributed by atoms with Gasteiger partial charge in [-0.05, 0) is 120 Å². The van der Waals surface area contributed by atoms with Gasteiger partial charge in [0.1, 0.15) is 11.6 Å². The molecule has 0 amide bonds. The average molecular weight is 837 g/mol. The molecule has 4 nitrogen and oxygen atoms in total. The standard InChI is InChI=1S/C61H48N4/c1-39-46(33-35-56-59(39)65(3)61(63-56)43-24-14-7-15-25-43)48-27-17-29-50-54(48)38-53-47(45-31-34-55-57(37-45)64(2)60(62-55)42-22-12-6-13-23-42)26-16-28-49(53)58(50)51-32-30-44(40-18-8-4-9-19-40)36-52(51)41-20-10-5-11-21-41/h4-14,16-24,26-39,46H,15,25H2,1-3H3. The lowest BCUT2D eigenvalue weighted by molar-refractivity contribution is 0.619. The SMILES string of the molecule is CC1c2c(nc(C3=CC=CCC3)n2C)C=CC1c1cccc2c(-c3ccc(-c4ccccc4)cc3-c3ccccc3)c3cccc(-c4ccc5nc(-c6ccccc6)n(C)c5c4)c3cc12. The van der Waals surface area contributed by atoms with Crippen molar-refractivity contribution in [2.24, 2.45) is 14.1 Å². The van der Waals surface area contributed by atoms with Crippen LogP contribution in [-0.2, 0) is 14.1 Å². The monoisotopic (exact) mass is 836 g/mol. The Labute approximate surface area is 380 Å². The van der Waals surface area contributed by atoms with Gasteiger partial charge in [0.2, 0.25) is 0 Å². The van der Waals surface area contributed by atoms with Crippen molar-refractivity contribution in [3.8, 4) is 55.9 Å². The highest BCUT2D eigenvalue weighted by molar-refractivity contribution is 6.18. The summed E-state index contributed by atoms with van der Waals surface area (Å²) in [7, 11) is 4.34. The molecule has 0 N–H and O–H groups in total. The molecular formula is C61H48N4. The van der Waals surface area contributed by atoms with E-state index in [0.717, 1.165) is 46.8 Å². The second kappa shape index (κ2) is 15.8. The maximum absolute atomic E-state index is 5.24. The zero-order chi connectivity index (χ0) is 43.6. The van der Waals surface area contributed by atoms with Crippen LogP contribution in [0.3, 0.4) is 0 Å². The van der Waals surface area contributed by atoms with Crippen molar-refractivity contribution < 1.29 is 0 Å². The van der Waals surface area contributed by atoms with Gasteiger partial charge in [0.15, 0.2) is 0 Å². The van der Waals surface area contributed by atoms with Crippen molar-refractivity contribution in [3.63, 3.8) is 0 Å². The number of hydrogen-bond donors (Lipinski definition) is 0. The lowest BCUT2D eigenvalue weighted by atomic mass is 9.77. The van der Waals surface area contributed by atoms with Gasteiger partial charge in [-0.25, -0.2) is 9.97 Å². The van der Waals surface area contributed by atoms with Gasteiger partial charge in [0.05, 0.1) is 16.7 Å². The van der Waals surface area contributed by atoms with E-state index >= 15 is 0 Å². The minimum atomic E-state index is 0.142. The molecule has 312 valence electrons. The van der Waals surface area contributed by atoms with Gasteiger partial charge in [-0.15, -0.1) is 0 Å². The van der Waals surface area contributed by atoms with E-state index in [0.29, 0.717) is 0 Å². The van der Waals surface area contributed by atoms with E-state index in [2.05, 4.69) is 230 Å². The summed E-state index contributed by atoms with van der Waals surface area (Å²) in [6.07, 6.45) is 13.4. The molecule has 2 heterocycles. The number of aromatic nitrogens is 4. The van der Waals surface area contributed by atoms with E-state index in [1.807, 2.05) is 0 Å². The molecule has 0 fully saturated rings. The molecule has 0 saturated carbocycles. The van der Waals surface area contributed by atoms with Gasteiger partial charge in [-0.1, -0.05) is 177 Å². The molecule has 0 saturated heterocycles. The van der Waals surface area contributed by atoms with Gasteiger partial charge in [0, 0.05) is 37.2 Å². The molecule has 0 bridgehead atoms. The number of hydrogen-bond acceptors (Lipinski definition) is 2. The molecule has 10 aromatic rings. The zero-order valence-corrected chi connectivity index (χ0v) is 36.9. The van der Waals surface area contributed by atoms with Gasteiger partial charge in [-0.2, -0.15) is 0 Å². The Kier molecular flexibility index (Phi) is 9.41. The number of rotatable bonds is 7. The third kappa shape index (κ3) is 6.51. The Bertz CT molecular complexity index is 3570. The molecule has 0 spiro atoms. The summed E-state index contributed by atoms with van der Waals surface area (Å²) >= 11 is 0. The Morgan fingerprint density at radius 2 is 1.23 bits per heavy atom. The molecule has 12 rings (SSSR count). The first-order valence-corrected chi connectivity index (χ1v) is 22.9.